The predicted octanol–water partition coefficient (Wildman–Crippen LogP) is 4.34. The summed E-state index contributed by atoms with van der Waals surface area (Å²) in [5, 5.41) is 3.30. The van der Waals surface area contributed by atoms with Crippen molar-refractivity contribution in [1.82, 2.24) is 20.3 Å². The number of aryl methyl sites for hydroxylation is 1. The van der Waals surface area contributed by atoms with Crippen molar-refractivity contribution in [1.29, 1.82) is 0 Å². The molecule has 3 aromatic heterocycles. The van der Waals surface area contributed by atoms with Crippen LogP contribution in [0.3, 0.4) is 0 Å². The summed E-state index contributed by atoms with van der Waals surface area (Å²) in [5.41, 5.74) is 4.01. The van der Waals surface area contributed by atoms with Crippen molar-refractivity contribution in [2.24, 2.45) is 0 Å². The van der Waals surface area contributed by atoms with E-state index < -0.39 is 15.1 Å². The van der Waals surface area contributed by atoms with Crippen LogP contribution < -0.4 is 10.2 Å². The average molecular weight is 572 g/mol. The Labute approximate surface area is 239 Å². The monoisotopic (exact) mass is 571 g/mol. The van der Waals surface area contributed by atoms with Crippen molar-refractivity contribution < 1.29 is 17.9 Å². The smallest absolute Gasteiger partial charge is 0.251 e. The van der Waals surface area contributed by atoms with Crippen LogP contribution in [0.5, 0.6) is 0 Å². The molecule has 0 aliphatic carbocycles. The molecule has 1 saturated heterocycles. The van der Waals surface area contributed by atoms with E-state index in [4.69, 9.17) is 14.7 Å². The summed E-state index contributed by atoms with van der Waals surface area (Å²) in [6.45, 7) is 7.61. The number of nitrogens with zero attached hydrogens (tertiary/aromatic N) is 4. The zero-order valence-corrected chi connectivity index (χ0v) is 24.2. The molecule has 2 aliphatic rings. The molecule has 5 heterocycles. The third kappa shape index (κ3) is 5.54. The molecule has 10 heteroatoms. The van der Waals surface area contributed by atoms with Crippen molar-refractivity contribution >= 4 is 32.5 Å². The van der Waals surface area contributed by atoms with E-state index in [9.17, 15) is 13.2 Å². The van der Waals surface area contributed by atoms with Crippen molar-refractivity contribution in [3.05, 3.63) is 77.6 Å². The van der Waals surface area contributed by atoms with E-state index in [-0.39, 0.29) is 29.6 Å². The Morgan fingerprint density at radius 3 is 2.59 bits per heavy atom. The number of benzene rings is 1. The van der Waals surface area contributed by atoms with Crippen LogP contribution in [0.1, 0.15) is 48.8 Å². The third-order valence-corrected chi connectivity index (χ3v) is 10.1. The molecule has 1 unspecified atom stereocenters. The summed E-state index contributed by atoms with van der Waals surface area (Å²) in [6.07, 6.45) is 3.30. The molecule has 1 amide bonds. The molecule has 2 aliphatic heterocycles. The fourth-order valence-electron chi connectivity index (χ4n) is 5.58. The van der Waals surface area contributed by atoms with Crippen molar-refractivity contribution in [2.75, 3.05) is 18.0 Å². The highest BCUT2D eigenvalue weighted by molar-refractivity contribution is 7.92. The number of rotatable bonds is 5. The van der Waals surface area contributed by atoms with Crippen molar-refractivity contribution in [3.63, 3.8) is 0 Å². The van der Waals surface area contributed by atoms with Gasteiger partial charge in [0.2, 0.25) is 0 Å². The Bertz CT molecular complexity index is 1730. The fraction of sp³-hybridized carbons (Fsp3) is 0.355. The molecule has 1 N–H and O–H groups in total. The Morgan fingerprint density at radius 1 is 1.00 bits per heavy atom. The van der Waals surface area contributed by atoms with Gasteiger partial charge in [0.15, 0.2) is 9.84 Å². The van der Waals surface area contributed by atoms with Gasteiger partial charge in [-0.1, -0.05) is 12.1 Å². The first kappa shape index (κ1) is 27.3. The highest BCUT2D eigenvalue weighted by Crippen LogP contribution is 2.30. The number of nitrogens with one attached hydrogen (secondary N) is 1. The molecule has 1 aromatic carbocycles. The second-order valence-corrected chi connectivity index (χ2v) is 13.3. The first-order valence-corrected chi connectivity index (χ1v) is 15.5. The number of morpholine rings is 1. The van der Waals surface area contributed by atoms with E-state index >= 15 is 0 Å². The molecule has 4 aromatic rings. The van der Waals surface area contributed by atoms with Gasteiger partial charge in [-0.15, -0.1) is 0 Å². The Kier molecular flexibility index (Phi) is 7.21. The Morgan fingerprint density at radius 2 is 1.78 bits per heavy atom. The lowest BCUT2D eigenvalue weighted by Gasteiger charge is -2.36. The van der Waals surface area contributed by atoms with E-state index in [0.717, 1.165) is 46.8 Å². The number of fused-ring (bicyclic) bond motifs is 2. The molecule has 1 fully saturated rings. The van der Waals surface area contributed by atoms with Gasteiger partial charge in [0.05, 0.1) is 51.5 Å². The Balaban J connectivity index is 1.19. The van der Waals surface area contributed by atoms with E-state index in [0.29, 0.717) is 24.1 Å². The fourth-order valence-corrected chi connectivity index (χ4v) is 7.26. The number of carbonyl (C=O) groups is 1. The lowest BCUT2D eigenvalue weighted by Crippen LogP contribution is -2.45. The summed E-state index contributed by atoms with van der Waals surface area (Å²) in [5.74, 6) is 0.548. The molecule has 9 nitrogen and oxygen atoms in total. The first-order chi connectivity index (χ1) is 19.7. The molecule has 212 valence electrons. The minimum absolute atomic E-state index is 0.137. The second kappa shape index (κ2) is 10.8. The molecule has 3 atom stereocenters. The number of ether oxygens (including phenoxy) is 1. The van der Waals surface area contributed by atoms with Crippen LogP contribution in [-0.2, 0) is 27.5 Å². The lowest BCUT2D eigenvalue weighted by molar-refractivity contribution is -0.00545. The number of pyridine rings is 3. The molecule has 41 heavy (non-hydrogen) atoms. The summed E-state index contributed by atoms with van der Waals surface area (Å²) in [6, 6.07) is 16.6. The van der Waals surface area contributed by atoms with Gasteiger partial charge in [-0.3, -0.25) is 9.78 Å². The minimum atomic E-state index is -3.42. The molecule has 0 radical (unpaired) electrons. The molecule has 0 bridgehead atoms. The van der Waals surface area contributed by atoms with Crippen LogP contribution in [-0.4, -0.2) is 59.8 Å². The van der Waals surface area contributed by atoms with E-state index in [1.807, 2.05) is 36.4 Å². The average Bonchev–Trinajstić information content (AvgIpc) is 2.97. The van der Waals surface area contributed by atoms with Gasteiger partial charge in [0.25, 0.3) is 5.91 Å². The molecular weight excluding hydrogens is 538 g/mol. The van der Waals surface area contributed by atoms with E-state index in [1.54, 1.807) is 25.3 Å². The van der Waals surface area contributed by atoms with E-state index in [1.165, 1.54) is 6.07 Å². The van der Waals surface area contributed by atoms with Crippen LogP contribution in [0.25, 0.3) is 22.3 Å². The predicted molar refractivity (Wildman–Crippen MR) is 158 cm³/mol. The summed E-state index contributed by atoms with van der Waals surface area (Å²) in [7, 11) is -3.42. The summed E-state index contributed by atoms with van der Waals surface area (Å²) >= 11 is 0. The zero-order valence-electron chi connectivity index (χ0n) is 23.4. The SMILES string of the molecule is CC1CCc2ccc(C(=O)NCc3cc4nc(-c5cccc(N6C[C@@H](C)O[C@@H](C)C6)n5)ccc4cn3)cc2S1(=O)=O. The van der Waals surface area contributed by atoms with Crippen molar-refractivity contribution in [2.45, 2.75) is 62.5 Å². The maximum Gasteiger partial charge on any atom is 0.251 e. The van der Waals surface area contributed by atoms with Crippen molar-refractivity contribution in [3.8, 4) is 11.4 Å². The van der Waals surface area contributed by atoms with Gasteiger partial charge < -0.3 is 15.0 Å². The van der Waals surface area contributed by atoms with Crippen LogP contribution in [0.15, 0.2) is 65.7 Å². The number of carbonyl (C=O) groups excluding carboxylic acids is 1. The van der Waals surface area contributed by atoms with E-state index in [2.05, 4.69) is 29.0 Å². The molecular formula is C31H33N5O4S. The number of anilines is 1. The normalized spacial score (nSPS) is 21.8. The standard InChI is InChI=1S/C31H33N5O4S/c1-19-17-36(18-20(2)40-19)30-6-4-5-26(35-30)27-12-11-24-15-32-25(14-28(24)34-27)16-33-31(37)23-10-9-22-8-7-21(3)41(38,39)29(22)13-23/h4-6,9-15,19-21H,7-8,16-18H2,1-3H3,(H,33,37)/t19-,20+,21?. The molecule has 0 spiro atoms. The second-order valence-electron chi connectivity index (χ2n) is 11.0. The van der Waals surface area contributed by atoms with Gasteiger partial charge in [0, 0.05) is 30.2 Å². The number of aromatic nitrogens is 3. The first-order valence-electron chi connectivity index (χ1n) is 14.0. The maximum atomic E-state index is 12.9. The summed E-state index contributed by atoms with van der Waals surface area (Å²) in [4.78, 5) is 29.7. The molecule has 0 saturated carbocycles. The lowest BCUT2D eigenvalue weighted by atomic mass is 10.0. The van der Waals surface area contributed by atoms with Gasteiger partial charge in [-0.05, 0) is 81.6 Å². The van der Waals surface area contributed by atoms with Gasteiger partial charge in [-0.25, -0.2) is 18.4 Å². The number of hydrogen-bond donors (Lipinski definition) is 1. The topological polar surface area (TPSA) is 114 Å². The van der Waals surface area contributed by atoms with Crippen LogP contribution >= 0.6 is 0 Å². The van der Waals surface area contributed by atoms with Crippen LogP contribution in [0, 0.1) is 0 Å². The Hall–Kier alpha value is -3.89. The minimum Gasteiger partial charge on any atom is -0.372 e. The van der Waals surface area contributed by atoms with Gasteiger partial charge >= 0.3 is 0 Å². The molecule has 6 rings (SSSR count). The quantitative estimate of drug-likeness (QED) is 0.376. The van der Waals surface area contributed by atoms with Gasteiger partial charge in [0.1, 0.15) is 5.82 Å². The number of hydrogen-bond acceptors (Lipinski definition) is 8. The third-order valence-electron chi connectivity index (χ3n) is 7.79. The van der Waals surface area contributed by atoms with Crippen LogP contribution in [0.2, 0.25) is 0 Å². The summed E-state index contributed by atoms with van der Waals surface area (Å²) < 4.78 is 31.4. The number of amides is 1. The zero-order chi connectivity index (χ0) is 28.7. The highest BCUT2D eigenvalue weighted by Gasteiger charge is 2.31. The van der Waals surface area contributed by atoms with Crippen LogP contribution in [0.4, 0.5) is 5.82 Å². The largest absolute Gasteiger partial charge is 0.372 e. The maximum absolute atomic E-state index is 12.9. The van der Waals surface area contributed by atoms with Gasteiger partial charge in [-0.2, -0.15) is 0 Å². The number of sulfone groups is 1. The highest BCUT2D eigenvalue weighted by atomic mass is 32.2.